The standard InChI is InChI=1S/C24H15Br3O3/c25-16-7-1-13(2-8-16)22(28)19-20(23(29)14-3-9-17(26)10-4-14)21(19)24(30)15-5-11-18(27)12-6-15/h1-12,19-21H. The van der Waals surface area contributed by atoms with Crippen molar-refractivity contribution in [1.29, 1.82) is 0 Å². The predicted octanol–water partition coefficient (Wildman–Crippen LogP) is 6.78. The average molecular weight is 591 g/mol. The number of benzene rings is 3. The van der Waals surface area contributed by atoms with E-state index in [4.69, 9.17) is 0 Å². The molecule has 0 aromatic heterocycles. The van der Waals surface area contributed by atoms with E-state index in [1.807, 2.05) is 0 Å². The van der Waals surface area contributed by atoms with E-state index in [9.17, 15) is 14.4 Å². The number of Topliss-reactive ketones (excluding diaryl/α,β-unsaturated/α-hetero) is 3. The molecule has 0 spiro atoms. The van der Waals surface area contributed by atoms with E-state index in [1.54, 1.807) is 72.8 Å². The molecule has 1 fully saturated rings. The summed E-state index contributed by atoms with van der Waals surface area (Å²) in [4.78, 5) is 39.6. The first-order chi connectivity index (χ1) is 14.4. The maximum Gasteiger partial charge on any atom is 0.167 e. The molecule has 4 rings (SSSR count). The number of ketones is 3. The minimum Gasteiger partial charge on any atom is -0.294 e. The second kappa shape index (κ2) is 8.69. The lowest BCUT2D eigenvalue weighted by atomic mass is 10.0. The Bertz CT molecular complexity index is 968. The van der Waals surface area contributed by atoms with Gasteiger partial charge in [0.05, 0.1) is 0 Å². The largest absolute Gasteiger partial charge is 0.294 e. The SMILES string of the molecule is O=C(c1ccc(Br)cc1)C1C(C(=O)c2ccc(Br)cc2)C1C(=O)c1ccc(Br)cc1. The molecule has 0 atom stereocenters. The molecular weight excluding hydrogens is 576 g/mol. The summed E-state index contributed by atoms with van der Waals surface area (Å²) >= 11 is 10.1. The third-order valence-corrected chi connectivity index (χ3v) is 6.90. The Kier molecular flexibility index (Phi) is 6.19. The third kappa shape index (κ3) is 4.27. The van der Waals surface area contributed by atoms with Gasteiger partial charge in [0.15, 0.2) is 17.3 Å². The topological polar surface area (TPSA) is 51.2 Å². The van der Waals surface area contributed by atoms with Gasteiger partial charge >= 0.3 is 0 Å². The van der Waals surface area contributed by atoms with Crippen molar-refractivity contribution in [1.82, 2.24) is 0 Å². The molecule has 0 amide bonds. The van der Waals surface area contributed by atoms with Crippen LogP contribution in [0, 0.1) is 17.8 Å². The Labute approximate surface area is 199 Å². The lowest BCUT2D eigenvalue weighted by molar-refractivity contribution is 0.0906. The van der Waals surface area contributed by atoms with Crippen LogP contribution in [0.15, 0.2) is 86.2 Å². The fourth-order valence-electron chi connectivity index (χ4n) is 3.71. The molecule has 3 nitrogen and oxygen atoms in total. The Balaban J connectivity index is 1.67. The maximum atomic E-state index is 13.2. The molecule has 6 heteroatoms. The van der Waals surface area contributed by atoms with Gasteiger partial charge in [-0.1, -0.05) is 84.2 Å². The summed E-state index contributed by atoms with van der Waals surface area (Å²) in [5, 5.41) is 0. The number of hydrogen-bond donors (Lipinski definition) is 0. The Morgan fingerprint density at radius 1 is 0.433 bits per heavy atom. The van der Waals surface area contributed by atoms with Gasteiger partial charge in [0.1, 0.15) is 0 Å². The van der Waals surface area contributed by atoms with Crippen molar-refractivity contribution in [2.45, 2.75) is 0 Å². The molecule has 0 saturated heterocycles. The smallest absolute Gasteiger partial charge is 0.167 e. The van der Waals surface area contributed by atoms with E-state index in [0.29, 0.717) is 16.7 Å². The quantitative estimate of drug-likeness (QED) is 0.297. The highest BCUT2D eigenvalue weighted by atomic mass is 79.9. The van der Waals surface area contributed by atoms with Gasteiger partial charge in [0.2, 0.25) is 0 Å². The molecule has 1 aliphatic carbocycles. The zero-order valence-electron chi connectivity index (χ0n) is 15.5. The second-order valence-electron chi connectivity index (χ2n) is 7.19. The number of hydrogen-bond acceptors (Lipinski definition) is 3. The van der Waals surface area contributed by atoms with Crippen LogP contribution in [-0.2, 0) is 0 Å². The van der Waals surface area contributed by atoms with Crippen molar-refractivity contribution < 1.29 is 14.4 Å². The lowest BCUT2D eigenvalue weighted by Crippen LogP contribution is -2.09. The van der Waals surface area contributed by atoms with Crippen molar-refractivity contribution in [3.63, 3.8) is 0 Å². The summed E-state index contributed by atoms with van der Waals surface area (Å²) in [7, 11) is 0. The van der Waals surface area contributed by atoms with Crippen molar-refractivity contribution in [3.05, 3.63) is 103 Å². The van der Waals surface area contributed by atoms with Crippen LogP contribution >= 0.6 is 47.8 Å². The minimum absolute atomic E-state index is 0.173. The fraction of sp³-hybridized carbons (Fsp3) is 0.125. The first kappa shape index (κ1) is 21.3. The maximum absolute atomic E-state index is 13.2. The molecule has 0 N–H and O–H groups in total. The van der Waals surface area contributed by atoms with E-state index >= 15 is 0 Å². The van der Waals surface area contributed by atoms with Crippen LogP contribution in [0.4, 0.5) is 0 Å². The zero-order chi connectivity index (χ0) is 21.4. The Morgan fingerprint density at radius 2 is 0.633 bits per heavy atom. The molecule has 0 bridgehead atoms. The first-order valence-corrected chi connectivity index (χ1v) is 11.6. The normalized spacial score (nSPS) is 19.9. The molecule has 3 aromatic rings. The van der Waals surface area contributed by atoms with Gasteiger partial charge in [0, 0.05) is 47.9 Å². The molecule has 3 aromatic carbocycles. The Hall–Kier alpha value is -1.89. The number of rotatable bonds is 6. The van der Waals surface area contributed by atoms with Gasteiger partial charge in [0.25, 0.3) is 0 Å². The zero-order valence-corrected chi connectivity index (χ0v) is 20.3. The van der Waals surface area contributed by atoms with Crippen molar-refractivity contribution in [3.8, 4) is 0 Å². The summed E-state index contributed by atoms with van der Waals surface area (Å²) < 4.78 is 2.58. The van der Waals surface area contributed by atoms with Crippen LogP contribution in [0.25, 0.3) is 0 Å². The highest BCUT2D eigenvalue weighted by Crippen LogP contribution is 2.52. The molecule has 150 valence electrons. The van der Waals surface area contributed by atoms with E-state index in [2.05, 4.69) is 47.8 Å². The summed E-state index contributed by atoms with van der Waals surface area (Å²) in [5.41, 5.74) is 1.51. The lowest BCUT2D eigenvalue weighted by Gasteiger charge is -2.02. The summed E-state index contributed by atoms with van der Waals surface area (Å²) in [5.74, 6) is -2.48. The number of carbonyl (C=O) groups is 3. The van der Waals surface area contributed by atoms with Gasteiger partial charge in [-0.25, -0.2) is 0 Å². The molecule has 0 aliphatic heterocycles. The molecular formula is C24H15Br3O3. The molecule has 0 unspecified atom stereocenters. The van der Waals surface area contributed by atoms with Crippen LogP contribution in [-0.4, -0.2) is 17.3 Å². The van der Waals surface area contributed by atoms with Gasteiger partial charge in [-0.05, 0) is 36.4 Å². The summed E-state index contributed by atoms with van der Waals surface area (Å²) in [6, 6.07) is 21.0. The highest BCUT2D eigenvalue weighted by Gasteiger charge is 2.62. The van der Waals surface area contributed by atoms with Crippen LogP contribution in [0.5, 0.6) is 0 Å². The highest BCUT2D eigenvalue weighted by molar-refractivity contribution is 9.11. The van der Waals surface area contributed by atoms with Gasteiger partial charge in [-0.3, -0.25) is 14.4 Å². The van der Waals surface area contributed by atoms with Crippen molar-refractivity contribution >= 4 is 65.1 Å². The van der Waals surface area contributed by atoms with Crippen LogP contribution in [0.1, 0.15) is 31.1 Å². The van der Waals surface area contributed by atoms with Gasteiger partial charge in [-0.2, -0.15) is 0 Å². The molecule has 1 saturated carbocycles. The van der Waals surface area contributed by atoms with Crippen LogP contribution in [0.2, 0.25) is 0 Å². The van der Waals surface area contributed by atoms with Gasteiger partial charge in [-0.15, -0.1) is 0 Å². The number of halogens is 3. The van der Waals surface area contributed by atoms with Gasteiger partial charge < -0.3 is 0 Å². The van der Waals surface area contributed by atoms with Crippen LogP contribution < -0.4 is 0 Å². The minimum atomic E-state index is -0.654. The molecule has 30 heavy (non-hydrogen) atoms. The second-order valence-corrected chi connectivity index (χ2v) is 9.94. The summed E-state index contributed by atoms with van der Waals surface area (Å²) in [6.07, 6.45) is 0. The molecule has 0 radical (unpaired) electrons. The number of carbonyl (C=O) groups excluding carboxylic acids is 3. The van der Waals surface area contributed by atoms with Crippen LogP contribution in [0.3, 0.4) is 0 Å². The summed E-state index contributed by atoms with van der Waals surface area (Å²) in [6.45, 7) is 0. The monoisotopic (exact) mass is 588 g/mol. The van der Waals surface area contributed by atoms with E-state index in [1.165, 1.54) is 0 Å². The van der Waals surface area contributed by atoms with Crippen molar-refractivity contribution in [2.24, 2.45) is 17.8 Å². The fourth-order valence-corrected chi connectivity index (χ4v) is 4.50. The average Bonchev–Trinajstić information content (AvgIpc) is 3.49. The third-order valence-electron chi connectivity index (χ3n) is 5.31. The first-order valence-electron chi connectivity index (χ1n) is 9.26. The predicted molar refractivity (Wildman–Crippen MR) is 126 cm³/mol. The van der Waals surface area contributed by atoms with Crippen molar-refractivity contribution in [2.75, 3.05) is 0 Å². The van der Waals surface area contributed by atoms with E-state index in [0.717, 1.165) is 13.4 Å². The molecule has 0 heterocycles. The van der Waals surface area contributed by atoms with E-state index in [-0.39, 0.29) is 17.3 Å². The van der Waals surface area contributed by atoms with E-state index < -0.39 is 17.8 Å². The Morgan fingerprint density at radius 3 is 0.833 bits per heavy atom. The molecule has 1 aliphatic rings.